The molecule has 2 aromatic carbocycles. The third-order valence-electron chi connectivity index (χ3n) is 7.00. The second kappa shape index (κ2) is 10.6. The molecule has 0 saturated carbocycles. The molecule has 0 radical (unpaired) electrons. The van der Waals surface area contributed by atoms with Crippen molar-refractivity contribution in [1.82, 2.24) is 9.80 Å². The smallest absolute Gasteiger partial charge is 0.311 e. The van der Waals surface area contributed by atoms with Crippen LogP contribution in [0, 0.1) is 11.7 Å². The summed E-state index contributed by atoms with van der Waals surface area (Å²) in [6.45, 7) is 2.01. The molecule has 5 rings (SSSR count). The molecule has 0 aliphatic carbocycles. The van der Waals surface area contributed by atoms with Crippen LogP contribution in [-0.4, -0.2) is 67.0 Å². The van der Waals surface area contributed by atoms with Gasteiger partial charge in [-0.05, 0) is 67.6 Å². The van der Waals surface area contributed by atoms with E-state index in [0.717, 1.165) is 18.4 Å². The molecule has 0 N–H and O–H groups in total. The van der Waals surface area contributed by atoms with Crippen LogP contribution >= 0.6 is 0 Å². The van der Waals surface area contributed by atoms with Crippen LogP contribution in [0.3, 0.4) is 0 Å². The molecule has 9 heteroatoms. The van der Waals surface area contributed by atoms with Crippen LogP contribution in [0.2, 0.25) is 0 Å². The van der Waals surface area contributed by atoms with E-state index in [-0.39, 0.29) is 31.0 Å². The van der Waals surface area contributed by atoms with Gasteiger partial charge in [0.15, 0.2) is 18.1 Å². The maximum atomic E-state index is 13.2. The third kappa shape index (κ3) is 5.15. The van der Waals surface area contributed by atoms with Gasteiger partial charge in [0.05, 0.1) is 12.0 Å². The highest BCUT2D eigenvalue weighted by Gasteiger charge is 2.33. The number of carbonyl (C=O) groups excluding carboxylic acids is 3. The first-order chi connectivity index (χ1) is 17.5. The minimum atomic E-state index is -0.497. The summed E-state index contributed by atoms with van der Waals surface area (Å²) in [4.78, 5) is 41.8. The van der Waals surface area contributed by atoms with Crippen LogP contribution in [0.5, 0.6) is 11.5 Å². The summed E-state index contributed by atoms with van der Waals surface area (Å²) in [6.07, 6.45) is 2.92. The van der Waals surface area contributed by atoms with Gasteiger partial charge in [-0.1, -0.05) is 6.07 Å². The van der Waals surface area contributed by atoms with E-state index >= 15 is 0 Å². The lowest BCUT2D eigenvalue weighted by Crippen LogP contribution is -2.43. The second-order valence-electron chi connectivity index (χ2n) is 9.35. The standard InChI is InChI=1S/C27H29FN2O6/c28-21-8-5-18(6-9-21)26(32)29-11-1-3-20(16-29)27(33)36-17-25(31)30-12-2-4-22(30)19-7-10-23-24(15-19)35-14-13-34-23/h5-10,15,20,22H,1-4,11-14,16-17H2. The Morgan fingerprint density at radius 2 is 1.69 bits per heavy atom. The van der Waals surface area contributed by atoms with Gasteiger partial charge < -0.3 is 24.0 Å². The number of rotatable bonds is 5. The molecule has 0 aromatic heterocycles. The van der Waals surface area contributed by atoms with Crippen molar-refractivity contribution in [3.05, 3.63) is 59.4 Å². The Balaban J connectivity index is 1.16. The fraction of sp³-hybridized carbons (Fsp3) is 0.444. The molecular weight excluding hydrogens is 467 g/mol. The number of nitrogens with zero attached hydrogens (tertiary/aromatic N) is 2. The first-order valence-corrected chi connectivity index (χ1v) is 12.4. The molecule has 190 valence electrons. The monoisotopic (exact) mass is 496 g/mol. The van der Waals surface area contributed by atoms with Gasteiger partial charge in [-0.25, -0.2) is 4.39 Å². The molecule has 3 aliphatic rings. The minimum absolute atomic E-state index is 0.106. The number of likely N-dealkylation sites (tertiary alicyclic amines) is 2. The molecule has 2 fully saturated rings. The summed E-state index contributed by atoms with van der Waals surface area (Å²) in [7, 11) is 0. The van der Waals surface area contributed by atoms with E-state index < -0.39 is 17.7 Å². The average Bonchev–Trinajstić information content (AvgIpc) is 3.41. The lowest BCUT2D eigenvalue weighted by Gasteiger charge is -2.32. The maximum Gasteiger partial charge on any atom is 0.311 e. The highest BCUT2D eigenvalue weighted by atomic mass is 19.1. The highest BCUT2D eigenvalue weighted by molar-refractivity contribution is 5.94. The highest BCUT2D eigenvalue weighted by Crippen LogP contribution is 2.38. The number of esters is 1. The lowest BCUT2D eigenvalue weighted by atomic mass is 9.97. The molecular formula is C27H29FN2O6. The number of piperidine rings is 1. The Bertz CT molecular complexity index is 1140. The van der Waals surface area contributed by atoms with Crippen molar-refractivity contribution >= 4 is 17.8 Å². The van der Waals surface area contributed by atoms with Crippen molar-refractivity contribution < 1.29 is 33.0 Å². The maximum absolute atomic E-state index is 13.2. The van der Waals surface area contributed by atoms with Gasteiger partial charge in [0, 0.05) is 25.2 Å². The van der Waals surface area contributed by atoms with Crippen molar-refractivity contribution in [3.8, 4) is 11.5 Å². The van der Waals surface area contributed by atoms with E-state index in [2.05, 4.69) is 0 Å². The fourth-order valence-electron chi connectivity index (χ4n) is 5.14. The van der Waals surface area contributed by atoms with Gasteiger partial charge in [0.25, 0.3) is 11.8 Å². The van der Waals surface area contributed by atoms with Crippen molar-refractivity contribution in [2.75, 3.05) is 39.5 Å². The van der Waals surface area contributed by atoms with E-state index in [0.29, 0.717) is 56.2 Å². The largest absolute Gasteiger partial charge is 0.486 e. The molecule has 3 heterocycles. The van der Waals surface area contributed by atoms with E-state index in [4.69, 9.17) is 14.2 Å². The van der Waals surface area contributed by atoms with E-state index in [1.54, 1.807) is 9.80 Å². The molecule has 8 nitrogen and oxygen atoms in total. The number of hydrogen-bond acceptors (Lipinski definition) is 6. The van der Waals surface area contributed by atoms with Crippen molar-refractivity contribution in [2.45, 2.75) is 31.7 Å². The van der Waals surface area contributed by atoms with Crippen LogP contribution in [0.15, 0.2) is 42.5 Å². The van der Waals surface area contributed by atoms with Crippen LogP contribution in [0.4, 0.5) is 4.39 Å². The molecule has 2 unspecified atom stereocenters. The minimum Gasteiger partial charge on any atom is -0.486 e. The molecule has 2 aromatic rings. The molecule has 3 aliphatic heterocycles. The molecule has 2 saturated heterocycles. The topological polar surface area (TPSA) is 85.4 Å². The zero-order valence-corrected chi connectivity index (χ0v) is 20.0. The Kier molecular flexibility index (Phi) is 7.06. The number of benzene rings is 2. The summed E-state index contributed by atoms with van der Waals surface area (Å²) >= 11 is 0. The van der Waals surface area contributed by atoms with Crippen LogP contribution in [-0.2, 0) is 14.3 Å². The van der Waals surface area contributed by atoms with Crippen molar-refractivity contribution in [1.29, 1.82) is 0 Å². The van der Waals surface area contributed by atoms with Gasteiger partial charge in [0.2, 0.25) is 0 Å². The van der Waals surface area contributed by atoms with Crippen LogP contribution in [0.25, 0.3) is 0 Å². The summed E-state index contributed by atoms with van der Waals surface area (Å²) in [5.74, 6) is -0.488. The summed E-state index contributed by atoms with van der Waals surface area (Å²) < 4.78 is 29.9. The van der Waals surface area contributed by atoms with Crippen LogP contribution in [0.1, 0.15) is 47.6 Å². The lowest BCUT2D eigenvalue weighted by molar-refractivity contribution is -0.157. The zero-order chi connectivity index (χ0) is 25.1. The van der Waals surface area contributed by atoms with Gasteiger partial charge in [-0.15, -0.1) is 0 Å². The zero-order valence-electron chi connectivity index (χ0n) is 20.0. The number of carbonyl (C=O) groups is 3. The third-order valence-corrected chi connectivity index (χ3v) is 7.00. The normalized spacial score (nSPS) is 21.2. The van der Waals surface area contributed by atoms with Crippen molar-refractivity contribution in [2.24, 2.45) is 5.92 Å². The number of halogens is 1. The second-order valence-corrected chi connectivity index (χ2v) is 9.35. The van der Waals surface area contributed by atoms with Crippen molar-refractivity contribution in [3.63, 3.8) is 0 Å². The summed E-state index contributed by atoms with van der Waals surface area (Å²) in [5.41, 5.74) is 1.35. The predicted octanol–water partition coefficient (Wildman–Crippen LogP) is 3.36. The Morgan fingerprint density at radius 3 is 2.50 bits per heavy atom. The van der Waals surface area contributed by atoms with Gasteiger partial charge >= 0.3 is 5.97 Å². The summed E-state index contributed by atoms with van der Waals surface area (Å²) in [5, 5.41) is 0. The van der Waals surface area contributed by atoms with Crippen LogP contribution < -0.4 is 9.47 Å². The molecule has 0 bridgehead atoms. The Hall–Kier alpha value is -3.62. The number of fused-ring (bicyclic) bond motifs is 1. The fourth-order valence-corrected chi connectivity index (χ4v) is 5.14. The Morgan fingerprint density at radius 1 is 0.944 bits per heavy atom. The molecule has 2 atom stereocenters. The van der Waals surface area contributed by atoms with E-state index in [9.17, 15) is 18.8 Å². The first kappa shape index (κ1) is 24.1. The van der Waals surface area contributed by atoms with E-state index in [1.165, 1.54) is 24.3 Å². The first-order valence-electron chi connectivity index (χ1n) is 12.4. The predicted molar refractivity (Wildman–Crippen MR) is 127 cm³/mol. The average molecular weight is 497 g/mol. The van der Waals surface area contributed by atoms with E-state index in [1.807, 2.05) is 18.2 Å². The number of amides is 2. The quantitative estimate of drug-likeness (QED) is 0.591. The molecule has 0 spiro atoms. The number of ether oxygens (including phenoxy) is 3. The number of hydrogen-bond donors (Lipinski definition) is 0. The summed E-state index contributed by atoms with van der Waals surface area (Å²) in [6, 6.07) is 11.0. The molecule has 2 amide bonds. The van der Waals surface area contributed by atoms with Gasteiger partial charge in [-0.2, -0.15) is 0 Å². The van der Waals surface area contributed by atoms with Gasteiger partial charge in [0.1, 0.15) is 19.0 Å². The Labute approximate surface area is 208 Å². The van der Waals surface area contributed by atoms with Gasteiger partial charge in [-0.3, -0.25) is 14.4 Å². The molecule has 36 heavy (non-hydrogen) atoms. The SMILES string of the molecule is O=C(OCC(=O)N1CCCC1c1ccc2c(c1)OCCO2)C1CCCN(C(=O)c2ccc(F)cc2)C1.